The van der Waals surface area contributed by atoms with Gasteiger partial charge in [0, 0.05) is 18.7 Å². The highest BCUT2D eigenvalue weighted by Gasteiger charge is 2.56. The fraction of sp³-hybridized carbons (Fsp3) is 0.444. The third-order valence-corrected chi connectivity index (χ3v) is 6.31. The van der Waals surface area contributed by atoms with Gasteiger partial charge in [-0.3, -0.25) is 10.1 Å². The standard InChI is InChI=1S/C27H32N2O6/c1-27(2,3)35-24(30)21-16-22(34-25(31)28-19-12-8-5-9-13-19)23-20(21)14-15-29(23)26(32)33-17-18-10-6-4-7-11-18/h4-13,20-23H,14-17H2,1-3H3,(H,28,31)/t20-,21?,22-,23-/m0/s1. The second kappa shape index (κ2) is 10.4. The molecule has 1 unspecified atom stereocenters. The summed E-state index contributed by atoms with van der Waals surface area (Å²) in [6, 6.07) is 17.9. The first-order valence-corrected chi connectivity index (χ1v) is 11.9. The Morgan fingerprint density at radius 1 is 1.00 bits per heavy atom. The summed E-state index contributed by atoms with van der Waals surface area (Å²) in [5.41, 5.74) is 0.842. The smallest absolute Gasteiger partial charge is 0.411 e. The Kier molecular flexibility index (Phi) is 7.28. The third-order valence-electron chi connectivity index (χ3n) is 6.31. The number of carbonyl (C=O) groups is 3. The molecule has 1 saturated heterocycles. The summed E-state index contributed by atoms with van der Waals surface area (Å²) in [6.45, 7) is 6.02. The molecule has 4 atom stereocenters. The van der Waals surface area contributed by atoms with Gasteiger partial charge < -0.3 is 19.1 Å². The summed E-state index contributed by atoms with van der Waals surface area (Å²) in [6.07, 6.45) is -0.880. The van der Waals surface area contributed by atoms with Crippen molar-refractivity contribution in [2.45, 2.75) is 58.0 Å². The highest BCUT2D eigenvalue weighted by molar-refractivity contribution is 5.85. The molecule has 2 amide bonds. The van der Waals surface area contributed by atoms with Crippen LogP contribution in [-0.2, 0) is 25.6 Å². The van der Waals surface area contributed by atoms with Crippen LogP contribution < -0.4 is 5.32 Å². The van der Waals surface area contributed by atoms with E-state index in [0.717, 1.165) is 5.56 Å². The number of nitrogens with zero attached hydrogens (tertiary/aromatic N) is 1. The fourth-order valence-electron chi connectivity index (χ4n) is 4.91. The zero-order valence-electron chi connectivity index (χ0n) is 20.3. The van der Waals surface area contributed by atoms with Crippen molar-refractivity contribution in [1.82, 2.24) is 4.90 Å². The van der Waals surface area contributed by atoms with Gasteiger partial charge in [-0.1, -0.05) is 48.5 Å². The number of fused-ring (bicyclic) bond motifs is 1. The van der Waals surface area contributed by atoms with Gasteiger partial charge in [0.15, 0.2) is 0 Å². The number of benzene rings is 2. The molecule has 1 aliphatic carbocycles. The molecule has 8 heteroatoms. The molecule has 35 heavy (non-hydrogen) atoms. The van der Waals surface area contributed by atoms with Crippen molar-refractivity contribution in [1.29, 1.82) is 0 Å². The van der Waals surface area contributed by atoms with Crippen LogP contribution in [0.4, 0.5) is 15.3 Å². The van der Waals surface area contributed by atoms with E-state index in [1.54, 1.807) is 29.2 Å². The van der Waals surface area contributed by atoms with Gasteiger partial charge in [0.05, 0.1) is 12.0 Å². The van der Waals surface area contributed by atoms with Gasteiger partial charge in [0.1, 0.15) is 18.3 Å². The number of nitrogens with one attached hydrogen (secondary N) is 1. The SMILES string of the molecule is CC(C)(C)OC(=O)C1C[C@H](OC(=O)Nc2ccccc2)[C@@H]2[C@H]1CCN2C(=O)OCc1ccccc1. The van der Waals surface area contributed by atoms with Crippen LogP contribution in [0.25, 0.3) is 0 Å². The second-order valence-electron chi connectivity index (χ2n) is 9.99. The van der Waals surface area contributed by atoms with Crippen LogP contribution in [-0.4, -0.2) is 47.3 Å². The van der Waals surface area contributed by atoms with E-state index in [2.05, 4.69) is 5.32 Å². The molecule has 0 aromatic heterocycles. The van der Waals surface area contributed by atoms with E-state index in [1.165, 1.54) is 0 Å². The molecule has 0 bridgehead atoms. The third kappa shape index (κ3) is 6.12. The second-order valence-corrected chi connectivity index (χ2v) is 9.99. The van der Waals surface area contributed by atoms with E-state index in [4.69, 9.17) is 14.2 Å². The lowest BCUT2D eigenvalue weighted by atomic mass is 9.93. The number of esters is 1. The lowest BCUT2D eigenvalue weighted by Gasteiger charge is -2.28. The minimum absolute atomic E-state index is 0.142. The van der Waals surface area contributed by atoms with Crippen LogP contribution in [0.3, 0.4) is 0 Å². The maximum absolute atomic E-state index is 13.0. The first-order valence-electron chi connectivity index (χ1n) is 11.9. The van der Waals surface area contributed by atoms with E-state index in [0.29, 0.717) is 18.7 Å². The first-order chi connectivity index (χ1) is 16.7. The number of hydrogen-bond donors (Lipinski definition) is 1. The zero-order valence-corrected chi connectivity index (χ0v) is 20.3. The highest BCUT2D eigenvalue weighted by Crippen LogP contribution is 2.45. The van der Waals surface area contributed by atoms with Crippen molar-refractivity contribution in [2.24, 2.45) is 11.8 Å². The molecule has 1 heterocycles. The molecule has 1 N–H and O–H groups in total. The lowest BCUT2D eigenvalue weighted by molar-refractivity contribution is -0.161. The summed E-state index contributed by atoms with van der Waals surface area (Å²) < 4.78 is 17.0. The molecule has 2 aromatic carbocycles. The molecule has 8 nitrogen and oxygen atoms in total. The number of para-hydroxylation sites is 1. The van der Waals surface area contributed by atoms with Crippen LogP contribution in [0, 0.1) is 11.8 Å². The number of amides is 2. The average Bonchev–Trinajstić information content (AvgIpc) is 3.39. The predicted octanol–water partition coefficient (Wildman–Crippen LogP) is 4.99. The van der Waals surface area contributed by atoms with Gasteiger partial charge in [-0.25, -0.2) is 9.59 Å². The van der Waals surface area contributed by atoms with Gasteiger partial charge in [-0.05, 0) is 50.8 Å². The van der Waals surface area contributed by atoms with Crippen LogP contribution in [0.15, 0.2) is 60.7 Å². The molecule has 2 aliphatic rings. The molecule has 2 fully saturated rings. The lowest BCUT2D eigenvalue weighted by Crippen LogP contribution is -2.44. The van der Waals surface area contributed by atoms with Gasteiger partial charge in [-0.2, -0.15) is 0 Å². The summed E-state index contributed by atoms with van der Waals surface area (Å²) in [4.78, 5) is 40.3. The molecule has 4 rings (SSSR count). The van der Waals surface area contributed by atoms with Gasteiger partial charge in [0.2, 0.25) is 0 Å². The van der Waals surface area contributed by atoms with E-state index in [9.17, 15) is 14.4 Å². The Balaban J connectivity index is 1.48. The van der Waals surface area contributed by atoms with Crippen molar-refractivity contribution in [3.63, 3.8) is 0 Å². The van der Waals surface area contributed by atoms with Crippen molar-refractivity contribution in [3.8, 4) is 0 Å². The molecule has 1 saturated carbocycles. The number of anilines is 1. The van der Waals surface area contributed by atoms with Gasteiger partial charge >= 0.3 is 18.2 Å². The summed E-state index contributed by atoms with van der Waals surface area (Å²) >= 11 is 0. The van der Waals surface area contributed by atoms with Crippen molar-refractivity contribution in [3.05, 3.63) is 66.2 Å². The Morgan fingerprint density at radius 2 is 1.66 bits per heavy atom. The average molecular weight is 481 g/mol. The quantitative estimate of drug-likeness (QED) is 0.479. The number of likely N-dealkylation sites (tertiary alicyclic amines) is 1. The Morgan fingerprint density at radius 3 is 2.31 bits per heavy atom. The minimum atomic E-state index is -0.659. The molecule has 0 spiro atoms. The summed E-state index contributed by atoms with van der Waals surface area (Å²) in [5.74, 6) is -0.981. The maximum Gasteiger partial charge on any atom is 0.411 e. The van der Waals surface area contributed by atoms with Crippen molar-refractivity contribution >= 4 is 23.8 Å². The normalized spacial score (nSPS) is 23.3. The number of ether oxygens (including phenoxy) is 3. The molecule has 186 valence electrons. The molecular formula is C27H32N2O6. The monoisotopic (exact) mass is 480 g/mol. The van der Waals surface area contributed by atoms with E-state index in [-0.39, 0.29) is 24.9 Å². The Labute approximate surface area is 205 Å². The van der Waals surface area contributed by atoms with E-state index >= 15 is 0 Å². The molecule has 2 aromatic rings. The zero-order chi connectivity index (χ0) is 25.0. The van der Waals surface area contributed by atoms with Crippen molar-refractivity contribution < 1.29 is 28.6 Å². The number of carbonyl (C=O) groups excluding carboxylic acids is 3. The molecule has 0 radical (unpaired) electrons. The Bertz CT molecular complexity index is 1040. The van der Waals surface area contributed by atoms with Crippen LogP contribution in [0.5, 0.6) is 0 Å². The van der Waals surface area contributed by atoms with Gasteiger partial charge in [-0.15, -0.1) is 0 Å². The number of rotatable bonds is 5. The molecule has 1 aliphatic heterocycles. The minimum Gasteiger partial charge on any atom is -0.460 e. The fourth-order valence-corrected chi connectivity index (χ4v) is 4.91. The Hall–Kier alpha value is -3.55. The first kappa shape index (κ1) is 24.6. The number of hydrogen-bond acceptors (Lipinski definition) is 6. The largest absolute Gasteiger partial charge is 0.460 e. The predicted molar refractivity (Wildman–Crippen MR) is 130 cm³/mol. The van der Waals surface area contributed by atoms with Crippen LogP contribution in [0.2, 0.25) is 0 Å². The van der Waals surface area contributed by atoms with Crippen molar-refractivity contribution in [2.75, 3.05) is 11.9 Å². The highest BCUT2D eigenvalue weighted by atomic mass is 16.6. The summed E-state index contributed by atoms with van der Waals surface area (Å²) in [7, 11) is 0. The summed E-state index contributed by atoms with van der Waals surface area (Å²) in [5, 5.41) is 2.71. The van der Waals surface area contributed by atoms with Gasteiger partial charge in [0.25, 0.3) is 0 Å². The topological polar surface area (TPSA) is 94.2 Å². The van der Waals surface area contributed by atoms with Crippen LogP contribution >= 0.6 is 0 Å². The van der Waals surface area contributed by atoms with E-state index in [1.807, 2.05) is 57.2 Å². The van der Waals surface area contributed by atoms with E-state index < -0.39 is 35.9 Å². The van der Waals surface area contributed by atoms with Crippen LogP contribution in [0.1, 0.15) is 39.2 Å². The maximum atomic E-state index is 13.0. The molecular weight excluding hydrogens is 448 g/mol.